The molecule has 1 aliphatic carbocycles. The van der Waals surface area contributed by atoms with E-state index >= 15 is 0 Å². The summed E-state index contributed by atoms with van der Waals surface area (Å²) in [5.74, 6) is 1.15. The van der Waals surface area contributed by atoms with Gasteiger partial charge in [0.05, 0.1) is 11.2 Å². The molecule has 2 aliphatic rings. The van der Waals surface area contributed by atoms with Gasteiger partial charge in [-0.25, -0.2) is 4.98 Å². The Morgan fingerprint density at radius 2 is 1.83 bits per heavy atom. The zero-order valence-corrected chi connectivity index (χ0v) is 18.5. The average molecular weight is 416 g/mol. The van der Waals surface area contributed by atoms with E-state index in [2.05, 4.69) is 43.1 Å². The maximum Gasteiger partial charge on any atom is 0.276 e. The second-order valence-corrected chi connectivity index (χ2v) is 10.2. The van der Waals surface area contributed by atoms with Gasteiger partial charge in [0.25, 0.3) is 5.91 Å². The molecule has 0 radical (unpaired) electrons. The van der Waals surface area contributed by atoms with Gasteiger partial charge in [0.1, 0.15) is 11.5 Å². The van der Waals surface area contributed by atoms with E-state index in [0.29, 0.717) is 23.3 Å². The number of thiazole rings is 1. The summed E-state index contributed by atoms with van der Waals surface area (Å²) in [6.07, 6.45) is 3.44. The van der Waals surface area contributed by atoms with E-state index in [1.165, 1.54) is 11.3 Å². The highest BCUT2D eigenvalue weighted by molar-refractivity contribution is 7.10. The van der Waals surface area contributed by atoms with E-state index < -0.39 is 0 Å². The van der Waals surface area contributed by atoms with E-state index in [4.69, 9.17) is 0 Å². The number of nitrogens with one attached hydrogen (secondary N) is 1. The number of amides is 2. The van der Waals surface area contributed by atoms with Crippen molar-refractivity contribution in [1.82, 2.24) is 19.7 Å². The summed E-state index contributed by atoms with van der Waals surface area (Å²) in [6, 6.07) is 1.75. The molecule has 0 bridgehead atoms. The van der Waals surface area contributed by atoms with Crippen LogP contribution in [0.25, 0.3) is 0 Å². The third-order valence-electron chi connectivity index (χ3n) is 7.24. The number of anilines is 1. The van der Waals surface area contributed by atoms with Crippen LogP contribution in [0.2, 0.25) is 0 Å². The highest BCUT2D eigenvalue weighted by Crippen LogP contribution is 2.68. The van der Waals surface area contributed by atoms with Gasteiger partial charge in [-0.3, -0.25) is 14.3 Å². The molecule has 3 heterocycles. The first-order valence-corrected chi connectivity index (χ1v) is 11.0. The maximum absolute atomic E-state index is 13.0. The average Bonchev–Trinajstić information content (AvgIpc) is 3.14. The first-order chi connectivity index (χ1) is 13.6. The Hall–Kier alpha value is -2.22. The fourth-order valence-electron chi connectivity index (χ4n) is 4.60. The Labute approximate surface area is 175 Å². The van der Waals surface area contributed by atoms with Crippen LogP contribution in [0, 0.1) is 16.7 Å². The van der Waals surface area contributed by atoms with Gasteiger partial charge in [0.15, 0.2) is 0 Å². The molecule has 1 aliphatic heterocycles. The lowest BCUT2D eigenvalue weighted by Crippen LogP contribution is -2.39. The molecule has 1 saturated carbocycles. The second-order valence-electron chi connectivity index (χ2n) is 9.34. The van der Waals surface area contributed by atoms with Crippen LogP contribution >= 0.6 is 11.3 Å². The fourth-order valence-corrected chi connectivity index (χ4v) is 5.57. The Morgan fingerprint density at radius 3 is 2.38 bits per heavy atom. The number of hydrogen-bond acceptors (Lipinski definition) is 5. The number of hydrogen-bond donors (Lipinski definition) is 1. The van der Waals surface area contributed by atoms with Crippen molar-refractivity contribution in [1.29, 1.82) is 0 Å². The quantitative estimate of drug-likeness (QED) is 0.829. The normalized spacial score (nSPS) is 21.2. The molecular weight excluding hydrogens is 386 g/mol. The van der Waals surface area contributed by atoms with Crippen molar-refractivity contribution in [2.45, 2.75) is 46.5 Å². The van der Waals surface area contributed by atoms with Crippen molar-refractivity contribution in [3.05, 3.63) is 28.3 Å². The molecule has 0 spiro atoms. The third-order valence-corrected chi connectivity index (χ3v) is 8.25. The second kappa shape index (κ2) is 6.93. The number of carbonyl (C=O) groups excluding carboxylic acids is 2. The Morgan fingerprint density at radius 1 is 1.17 bits per heavy atom. The Balaban J connectivity index is 1.34. The van der Waals surface area contributed by atoms with E-state index in [0.717, 1.165) is 30.9 Å². The van der Waals surface area contributed by atoms with Crippen LogP contribution in [0.5, 0.6) is 0 Å². The molecular formula is C21H29N5O2S. The van der Waals surface area contributed by atoms with Gasteiger partial charge in [-0.2, -0.15) is 5.10 Å². The van der Waals surface area contributed by atoms with Crippen LogP contribution in [-0.4, -0.2) is 44.6 Å². The van der Waals surface area contributed by atoms with Gasteiger partial charge in [-0.15, -0.1) is 11.3 Å². The van der Waals surface area contributed by atoms with Gasteiger partial charge in [0.2, 0.25) is 5.91 Å². The van der Waals surface area contributed by atoms with Crippen LogP contribution < -0.4 is 5.32 Å². The number of likely N-dealkylation sites (tertiary alicyclic amines) is 1. The van der Waals surface area contributed by atoms with Gasteiger partial charge >= 0.3 is 0 Å². The fraction of sp³-hybridized carbons (Fsp3) is 0.619. The summed E-state index contributed by atoms with van der Waals surface area (Å²) in [5, 5.41) is 9.68. The summed E-state index contributed by atoms with van der Waals surface area (Å²) < 4.78 is 1.61. The molecule has 8 heteroatoms. The first-order valence-electron chi connectivity index (χ1n) is 10.2. The molecule has 0 unspecified atom stereocenters. The molecule has 2 amide bonds. The van der Waals surface area contributed by atoms with Crippen LogP contribution in [0.15, 0.2) is 17.6 Å². The molecule has 1 saturated heterocycles. The van der Waals surface area contributed by atoms with Crippen molar-refractivity contribution >= 4 is 29.0 Å². The van der Waals surface area contributed by atoms with Crippen LogP contribution in [0.4, 0.5) is 5.82 Å². The molecule has 2 fully saturated rings. The lowest BCUT2D eigenvalue weighted by molar-refractivity contribution is -0.134. The topological polar surface area (TPSA) is 80.1 Å². The molecule has 2 aromatic heterocycles. The lowest BCUT2D eigenvalue weighted by Gasteiger charge is -2.31. The summed E-state index contributed by atoms with van der Waals surface area (Å²) >= 11 is 1.53. The summed E-state index contributed by atoms with van der Waals surface area (Å²) in [6.45, 7) is 10.3. The summed E-state index contributed by atoms with van der Waals surface area (Å²) in [7, 11) is 1.78. The Kier molecular flexibility index (Phi) is 4.80. The maximum atomic E-state index is 13.0. The molecule has 1 N–H and O–H groups in total. The van der Waals surface area contributed by atoms with Crippen LogP contribution in [-0.2, 0) is 11.8 Å². The van der Waals surface area contributed by atoms with Gasteiger partial charge in [0, 0.05) is 43.4 Å². The molecule has 0 atom stereocenters. The largest absolute Gasteiger partial charge is 0.342 e. The van der Waals surface area contributed by atoms with E-state index in [-0.39, 0.29) is 22.7 Å². The highest BCUT2D eigenvalue weighted by Gasteiger charge is 2.68. The number of aromatic nitrogens is 3. The van der Waals surface area contributed by atoms with E-state index in [1.807, 2.05) is 10.3 Å². The Bertz CT molecular complexity index is 923. The van der Waals surface area contributed by atoms with Crippen LogP contribution in [0.3, 0.4) is 0 Å². The number of piperidine rings is 1. The monoisotopic (exact) mass is 415 g/mol. The molecule has 156 valence electrons. The summed E-state index contributed by atoms with van der Waals surface area (Å²) in [4.78, 5) is 32.0. The SMILES string of the molecule is Cn1nccc1NC(=O)c1csc(C2CCN(C(=O)C3C(C)(C)C3(C)C)CC2)n1. The van der Waals surface area contributed by atoms with Gasteiger partial charge < -0.3 is 10.2 Å². The number of aryl methyl sites for hydroxylation is 1. The number of nitrogens with zero attached hydrogens (tertiary/aromatic N) is 4. The van der Waals surface area contributed by atoms with Crippen LogP contribution in [0.1, 0.15) is 62.0 Å². The predicted octanol–water partition coefficient (Wildman–Crippen LogP) is 3.52. The van der Waals surface area contributed by atoms with Crippen molar-refractivity contribution in [2.24, 2.45) is 23.8 Å². The first kappa shape index (κ1) is 20.1. The highest BCUT2D eigenvalue weighted by atomic mass is 32.1. The summed E-state index contributed by atoms with van der Waals surface area (Å²) in [5.41, 5.74) is 0.588. The smallest absolute Gasteiger partial charge is 0.276 e. The minimum absolute atomic E-state index is 0.0758. The molecule has 7 nitrogen and oxygen atoms in total. The van der Waals surface area contributed by atoms with Crippen molar-refractivity contribution in [3.63, 3.8) is 0 Å². The molecule has 0 aromatic carbocycles. The molecule has 4 rings (SSSR count). The molecule has 29 heavy (non-hydrogen) atoms. The van der Waals surface area contributed by atoms with Crippen molar-refractivity contribution < 1.29 is 9.59 Å². The minimum Gasteiger partial charge on any atom is -0.342 e. The van der Waals surface area contributed by atoms with E-state index in [1.54, 1.807) is 24.0 Å². The zero-order valence-electron chi connectivity index (χ0n) is 17.7. The van der Waals surface area contributed by atoms with E-state index in [9.17, 15) is 9.59 Å². The third kappa shape index (κ3) is 3.37. The number of rotatable bonds is 4. The predicted molar refractivity (Wildman–Crippen MR) is 113 cm³/mol. The van der Waals surface area contributed by atoms with Crippen molar-refractivity contribution in [3.8, 4) is 0 Å². The minimum atomic E-state index is -0.220. The van der Waals surface area contributed by atoms with Gasteiger partial charge in [-0.05, 0) is 23.7 Å². The van der Waals surface area contributed by atoms with Crippen molar-refractivity contribution in [2.75, 3.05) is 18.4 Å². The van der Waals surface area contributed by atoms with Gasteiger partial charge in [-0.1, -0.05) is 27.7 Å². The standard InChI is InChI=1S/C21H29N5O2S/c1-20(2)16(21(20,3)4)19(28)26-10-7-13(8-11-26)18-23-14(12-29-18)17(27)24-15-6-9-22-25(15)5/h6,9,12-13,16H,7-8,10-11H2,1-5H3,(H,24,27). The zero-order chi connectivity index (χ0) is 21.0. The lowest BCUT2D eigenvalue weighted by atomic mass is 9.96. The molecule has 2 aromatic rings. The number of carbonyl (C=O) groups is 2.